The van der Waals surface area contributed by atoms with E-state index in [1.807, 2.05) is 29.2 Å². The molecule has 146 valence electrons. The van der Waals surface area contributed by atoms with E-state index in [9.17, 15) is 9.59 Å². The molecule has 6 heteroatoms. The quantitative estimate of drug-likeness (QED) is 0.697. The van der Waals surface area contributed by atoms with E-state index in [0.717, 1.165) is 47.9 Å². The minimum Gasteiger partial charge on any atom is -0.312 e. The fraction of sp³-hybridized carbons (Fsp3) is 0.409. The van der Waals surface area contributed by atoms with Gasteiger partial charge in [-0.05, 0) is 49.8 Å². The molecule has 0 atom stereocenters. The normalized spacial score (nSPS) is 16.1. The van der Waals surface area contributed by atoms with E-state index < -0.39 is 0 Å². The van der Waals surface area contributed by atoms with Crippen molar-refractivity contribution in [3.8, 4) is 0 Å². The van der Waals surface area contributed by atoms with Crippen molar-refractivity contribution in [3.05, 3.63) is 53.1 Å². The van der Waals surface area contributed by atoms with Gasteiger partial charge in [0.05, 0.1) is 12.1 Å². The second kappa shape index (κ2) is 8.27. The van der Waals surface area contributed by atoms with Crippen molar-refractivity contribution in [1.29, 1.82) is 0 Å². The molecule has 0 saturated carbocycles. The molecule has 0 N–H and O–H groups in total. The molecule has 1 aromatic carbocycles. The number of amides is 2. The molecule has 2 aliphatic rings. The summed E-state index contributed by atoms with van der Waals surface area (Å²) in [5, 5.41) is 0.788. The molecule has 1 saturated heterocycles. The monoisotopic (exact) mass is 395 g/mol. The Kier molecular flexibility index (Phi) is 5.57. The lowest BCUT2D eigenvalue weighted by Gasteiger charge is -2.19. The van der Waals surface area contributed by atoms with Gasteiger partial charge >= 0.3 is 0 Å². The van der Waals surface area contributed by atoms with Crippen LogP contribution in [-0.4, -0.2) is 29.9 Å². The first kappa shape index (κ1) is 18.9. The molecule has 1 fully saturated rings. The van der Waals surface area contributed by atoms with Crippen LogP contribution in [0.1, 0.15) is 41.8 Å². The number of fused-ring (bicyclic) bond motifs is 1. The summed E-state index contributed by atoms with van der Waals surface area (Å²) in [5.74, 6) is 0.199. The van der Waals surface area contributed by atoms with Gasteiger partial charge in [0, 0.05) is 30.1 Å². The Morgan fingerprint density at radius 3 is 2.64 bits per heavy atom. The molecular formula is C22H25N3O2S. The van der Waals surface area contributed by atoms with Crippen LogP contribution in [0.15, 0.2) is 36.9 Å². The predicted octanol–water partition coefficient (Wildman–Crippen LogP) is 3.91. The van der Waals surface area contributed by atoms with Gasteiger partial charge in [0.15, 0.2) is 5.13 Å². The number of carbonyl (C=O) groups is 2. The Labute approximate surface area is 169 Å². The van der Waals surface area contributed by atoms with E-state index in [-0.39, 0.29) is 11.8 Å². The Balaban J connectivity index is 1.48. The molecule has 0 unspecified atom stereocenters. The van der Waals surface area contributed by atoms with Crippen LogP contribution in [-0.2, 0) is 28.9 Å². The fourth-order valence-corrected chi connectivity index (χ4v) is 5.03. The van der Waals surface area contributed by atoms with E-state index in [4.69, 9.17) is 4.98 Å². The zero-order chi connectivity index (χ0) is 19.5. The molecule has 0 radical (unpaired) electrons. The number of rotatable bonds is 6. The van der Waals surface area contributed by atoms with Crippen molar-refractivity contribution < 1.29 is 9.59 Å². The van der Waals surface area contributed by atoms with Gasteiger partial charge < -0.3 is 4.90 Å². The molecule has 0 spiro atoms. The van der Waals surface area contributed by atoms with Gasteiger partial charge in [-0.25, -0.2) is 4.98 Å². The molecule has 2 heterocycles. The molecule has 4 rings (SSSR count). The second-order valence-corrected chi connectivity index (χ2v) is 8.42. The van der Waals surface area contributed by atoms with Gasteiger partial charge in [-0.3, -0.25) is 14.5 Å². The third-order valence-electron chi connectivity index (χ3n) is 5.35. The van der Waals surface area contributed by atoms with E-state index in [1.54, 1.807) is 22.3 Å². The molecule has 2 amide bonds. The van der Waals surface area contributed by atoms with E-state index in [1.165, 1.54) is 17.7 Å². The first-order valence-corrected chi connectivity index (χ1v) is 10.8. The van der Waals surface area contributed by atoms with Gasteiger partial charge in [0.25, 0.3) is 0 Å². The Hall–Kier alpha value is -2.47. The highest BCUT2D eigenvalue weighted by atomic mass is 32.1. The fourth-order valence-electron chi connectivity index (χ4n) is 3.85. The topological polar surface area (TPSA) is 53.5 Å². The molecule has 1 aliphatic carbocycles. The van der Waals surface area contributed by atoms with Crippen LogP contribution in [0.4, 0.5) is 10.8 Å². The van der Waals surface area contributed by atoms with Crippen molar-refractivity contribution >= 4 is 34.0 Å². The first-order chi connectivity index (χ1) is 13.7. The average Bonchev–Trinajstić information content (AvgIpc) is 3.32. The number of anilines is 2. The maximum absolute atomic E-state index is 13.0. The number of hydrogen-bond donors (Lipinski definition) is 0. The number of benzene rings is 1. The minimum absolute atomic E-state index is 0.0241. The van der Waals surface area contributed by atoms with Gasteiger partial charge in [-0.15, -0.1) is 17.9 Å². The summed E-state index contributed by atoms with van der Waals surface area (Å²) >= 11 is 1.64. The number of aromatic nitrogens is 1. The Morgan fingerprint density at radius 1 is 1.18 bits per heavy atom. The molecule has 5 nitrogen and oxygen atoms in total. The number of carbonyl (C=O) groups excluding carboxylic acids is 2. The highest BCUT2D eigenvalue weighted by molar-refractivity contribution is 7.16. The number of thiazole rings is 1. The summed E-state index contributed by atoms with van der Waals surface area (Å²) in [6.45, 7) is 5.05. The van der Waals surface area contributed by atoms with E-state index >= 15 is 0 Å². The van der Waals surface area contributed by atoms with Crippen molar-refractivity contribution in [2.45, 2.75) is 44.9 Å². The molecular weight excluding hydrogens is 370 g/mol. The van der Waals surface area contributed by atoms with Crippen molar-refractivity contribution in [3.63, 3.8) is 0 Å². The standard InChI is InChI=1S/C22H25N3O2S/c1-2-13-25(22-23-18-6-3-4-7-19(18)28-22)21(27)15-16-9-11-17(12-10-16)24-14-5-8-20(24)26/h2,9-12H,1,3-8,13-15H2. The largest absolute Gasteiger partial charge is 0.312 e. The van der Waals surface area contributed by atoms with Crippen LogP contribution in [0.25, 0.3) is 0 Å². The maximum Gasteiger partial charge on any atom is 0.233 e. The number of aryl methyl sites for hydroxylation is 2. The summed E-state index contributed by atoms with van der Waals surface area (Å²) < 4.78 is 0. The highest BCUT2D eigenvalue weighted by Gasteiger charge is 2.24. The van der Waals surface area contributed by atoms with Crippen LogP contribution in [0.3, 0.4) is 0 Å². The third-order valence-corrected chi connectivity index (χ3v) is 6.54. The van der Waals surface area contributed by atoms with Crippen LogP contribution in [0.2, 0.25) is 0 Å². The average molecular weight is 396 g/mol. The van der Waals surface area contributed by atoms with E-state index in [2.05, 4.69) is 6.58 Å². The molecule has 0 bridgehead atoms. The SMILES string of the molecule is C=CCN(C(=O)Cc1ccc(N2CCCC2=O)cc1)c1nc2c(s1)CCCC2. The molecule has 1 aromatic heterocycles. The van der Waals surface area contributed by atoms with Crippen LogP contribution >= 0.6 is 11.3 Å². The van der Waals surface area contributed by atoms with Gasteiger partial charge in [-0.1, -0.05) is 18.2 Å². The molecule has 2 aromatic rings. The maximum atomic E-state index is 13.0. The summed E-state index contributed by atoms with van der Waals surface area (Å²) in [6, 6.07) is 7.76. The van der Waals surface area contributed by atoms with Gasteiger partial charge in [0.1, 0.15) is 0 Å². The van der Waals surface area contributed by atoms with Gasteiger partial charge in [-0.2, -0.15) is 0 Å². The summed E-state index contributed by atoms with van der Waals surface area (Å²) in [4.78, 5) is 34.5. The van der Waals surface area contributed by atoms with Gasteiger partial charge in [0.2, 0.25) is 11.8 Å². The Morgan fingerprint density at radius 2 is 1.96 bits per heavy atom. The van der Waals surface area contributed by atoms with Crippen molar-refractivity contribution in [2.75, 3.05) is 22.9 Å². The van der Waals surface area contributed by atoms with Crippen LogP contribution in [0, 0.1) is 0 Å². The lowest BCUT2D eigenvalue weighted by Crippen LogP contribution is -2.32. The zero-order valence-electron chi connectivity index (χ0n) is 16.0. The minimum atomic E-state index is 0.0241. The summed E-state index contributed by atoms with van der Waals surface area (Å²) in [5.41, 5.74) is 3.01. The van der Waals surface area contributed by atoms with E-state index in [0.29, 0.717) is 19.4 Å². The summed E-state index contributed by atoms with van der Waals surface area (Å²) in [6.07, 6.45) is 8.06. The van der Waals surface area contributed by atoms with Crippen molar-refractivity contribution in [1.82, 2.24) is 4.98 Å². The van der Waals surface area contributed by atoms with Crippen LogP contribution < -0.4 is 9.80 Å². The molecule has 28 heavy (non-hydrogen) atoms. The van der Waals surface area contributed by atoms with Crippen molar-refractivity contribution in [2.24, 2.45) is 0 Å². The first-order valence-electron chi connectivity index (χ1n) is 9.95. The summed E-state index contributed by atoms with van der Waals surface area (Å²) in [7, 11) is 0. The highest BCUT2D eigenvalue weighted by Crippen LogP contribution is 2.32. The van der Waals surface area contributed by atoms with Crippen LogP contribution in [0.5, 0.6) is 0 Å². The number of hydrogen-bond acceptors (Lipinski definition) is 4. The smallest absolute Gasteiger partial charge is 0.233 e. The second-order valence-electron chi connectivity index (χ2n) is 7.36. The predicted molar refractivity (Wildman–Crippen MR) is 113 cm³/mol. The Bertz CT molecular complexity index is 864. The molecule has 1 aliphatic heterocycles. The third kappa shape index (κ3) is 3.87. The zero-order valence-corrected chi connectivity index (χ0v) is 16.8. The lowest BCUT2D eigenvalue weighted by atomic mass is 10.0. The lowest BCUT2D eigenvalue weighted by molar-refractivity contribution is -0.118. The number of nitrogens with zero attached hydrogens (tertiary/aromatic N) is 3.